The fourth-order valence-corrected chi connectivity index (χ4v) is 3.52. The molecule has 2 aromatic rings. The summed E-state index contributed by atoms with van der Waals surface area (Å²) in [5.41, 5.74) is 3.26. The van der Waals surface area contributed by atoms with Gasteiger partial charge in [0.15, 0.2) is 10.9 Å². The smallest absolute Gasteiger partial charge is 0.186 e. The van der Waals surface area contributed by atoms with Crippen LogP contribution >= 0.6 is 23.5 Å². The molecule has 2 rings (SSSR count). The van der Waals surface area contributed by atoms with Crippen molar-refractivity contribution in [2.45, 2.75) is 19.1 Å². The molecule has 0 aliphatic rings. The van der Waals surface area contributed by atoms with Crippen LogP contribution < -0.4 is 0 Å². The van der Waals surface area contributed by atoms with Gasteiger partial charge in [-0.3, -0.25) is 9.59 Å². The summed E-state index contributed by atoms with van der Waals surface area (Å²) in [7, 11) is 0. The van der Waals surface area contributed by atoms with Crippen molar-refractivity contribution in [3.8, 4) is 0 Å². The Morgan fingerprint density at radius 1 is 0.913 bits per heavy atom. The first kappa shape index (κ1) is 17.8. The van der Waals surface area contributed by atoms with Gasteiger partial charge >= 0.3 is 0 Å². The van der Waals surface area contributed by atoms with Crippen LogP contribution in [-0.4, -0.2) is 22.4 Å². The number of carbonyl (C=O) groups is 2. The second kappa shape index (κ2) is 9.58. The zero-order chi connectivity index (χ0) is 16.5. The lowest BCUT2D eigenvalue weighted by Gasteiger charge is -2.04. The monoisotopic (exact) mass is 344 g/mol. The molecule has 0 aromatic heterocycles. The van der Waals surface area contributed by atoms with E-state index in [1.807, 2.05) is 42.1 Å². The van der Waals surface area contributed by atoms with Gasteiger partial charge in [0.2, 0.25) is 0 Å². The van der Waals surface area contributed by atoms with Gasteiger partial charge in [0.1, 0.15) is 0 Å². The predicted molar refractivity (Wildman–Crippen MR) is 100 cm³/mol. The molecule has 4 heteroatoms. The van der Waals surface area contributed by atoms with Crippen LogP contribution in [0.1, 0.15) is 28.4 Å². The number of thioether (sulfide) groups is 2. The third-order valence-corrected chi connectivity index (χ3v) is 5.17. The lowest BCUT2D eigenvalue weighted by molar-refractivity contribution is -0.109. The zero-order valence-electron chi connectivity index (χ0n) is 13.2. The highest BCUT2D eigenvalue weighted by atomic mass is 32.2. The molecule has 0 spiro atoms. The van der Waals surface area contributed by atoms with Gasteiger partial charge in [-0.1, -0.05) is 66.4 Å². The molecule has 2 aromatic carbocycles. The standard InChI is InChI=1S/C19H20O2S2/c1-15(20)23-14-19(21)18-9-7-17(8-10-18)13-22-12-11-16-5-3-2-4-6-16/h2-10H,11-14H2,1H3. The zero-order valence-corrected chi connectivity index (χ0v) is 14.8. The van der Waals surface area contributed by atoms with Gasteiger partial charge in [0.25, 0.3) is 0 Å². The summed E-state index contributed by atoms with van der Waals surface area (Å²) in [6, 6.07) is 18.2. The Balaban J connectivity index is 1.74. The summed E-state index contributed by atoms with van der Waals surface area (Å²) in [5, 5.41) is -0.0233. The van der Waals surface area contributed by atoms with Crippen LogP contribution in [0.4, 0.5) is 0 Å². The first-order valence-corrected chi connectivity index (χ1v) is 9.66. The van der Waals surface area contributed by atoms with Crippen molar-refractivity contribution in [3.05, 3.63) is 71.3 Å². The Morgan fingerprint density at radius 2 is 1.61 bits per heavy atom. The number of ketones is 1. The summed E-state index contributed by atoms with van der Waals surface area (Å²) in [6.45, 7) is 1.48. The van der Waals surface area contributed by atoms with Crippen LogP contribution in [0.2, 0.25) is 0 Å². The molecule has 0 bridgehead atoms. The second-order valence-corrected chi connectivity index (χ2v) is 7.45. The van der Waals surface area contributed by atoms with Crippen molar-refractivity contribution < 1.29 is 9.59 Å². The first-order chi connectivity index (χ1) is 11.1. The normalized spacial score (nSPS) is 10.5. The average molecular weight is 345 g/mol. The summed E-state index contributed by atoms with van der Waals surface area (Å²) in [5.74, 6) is 2.26. The second-order valence-electron chi connectivity index (χ2n) is 5.19. The van der Waals surface area contributed by atoms with E-state index in [9.17, 15) is 9.59 Å². The minimum atomic E-state index is -0.0233. The van der Waals surface area contributed by atoms with Crippen molar-refractivity contribution in [2.24, 2.45) is 0 Å². The summed E-state index contributed by atoms with van der Waals surface area (Å²) in [4.78, 5) is 22.8. The Bertz CT molecular complexity index is 636. The Morgan fingerprint density at radius 3 is 2.26 bits per heavy atom. The van der Waals surface area contributed by atoms with E-state index in [1.165, 1.54) is 18.1 Å². The number of Topliss-reactive ketones (excluding diaryl/α,β-unsaturated/α-hetero) is 1. The Hall–Kier alpha value is -1.52. The van der Waals surface area contributed by atoms with E-state index in [-0.39, 0.29) is 16.7 Å². The van der Waals surface area contributed by atoms with E-state index in [4.69, 9.17) is 0 Å². The van der Waals surface area contributed by atoms with Crippen molar-refractivity contribution in [1.82, 2.24) is 0 Å². The molecule has 0 atom stereocenters. The van der Waals surface area contributed by atoms with E-state index in [1.54, 1.807) is 0 Å². The van der Waals surface area contributed by atoms with Crippen LogP contribution in [0.15, 0.2) is 54.6 Å². The molecule has 23 heavy (non-hydrogen) atoms. The number of rotatable bonds is 8. The van der Waals surface area contributed by atoms with E-state index in [0.29, 0.717) is 5.56 Å². The van der Waals surface area contributed by atoms with Gasteiger partial charge in [-0.15, -0.1) is 0 Å². The van der Waals surface area contributed by atoms with E-state index in [2.05, 4.69) is 24.3 Å². The largest absolute Gasteiger partial charge is 0.293 e. The summed E-state index contributed by atoms with van der Waals surface area (Å²) >= 11 is 2.96. The molecule has 120 valence electrons. The average Bonchev–Trinajstić information content (AvgIpc) is 2.58. The van der Waals surface area contributed by atoms with Crippen molar-refractivity contribution >= 4 is 34.4 Å². The van der Waals surface area contributed by atoms with Crippen LogP contribution in [0.25, 0.3) is 0 Å². The highest BCUT2D eigenvalue weighted by molar-refractivity contribution is 8.14. The molecule has 0 fully saturated rings. The van der Waals surface area contributed by atoms with Crippen LogP contribution in [-0.2, 0) is 17.0 Å². The maximum atomic E-state index is 11.9. The Labute approximate surface area is 146 Å². The van der Waals surface area contributed by atoms with Gasteiger partial charge in [0, 0.05) is 18.2 Å². The highest BCUT2D eigenvalue weighted by Gasteiger charge is 2.07. The molecule has 0 amide bonds. The summed E-state index contributed by atoms with van der Waals surface area (Å²) < 4.78 is 0. The third-order valence-electron chi connectivity index (χ3n) is 3.33. The van der Waals surface area contributed by atoms with Gasteiger partial charge < -0.3 is 0 Å². The van der Waals surface area contributed by atoms with E-state index in [0.717, 1.165) is 29.7 Å². The van der Waals surface area contributed by atoms with Crippen molar-refractivity contribution in [1.29, 1.82) is 0 Å². The molecule has 0 N–H and O–H groups in total. The van der Waals surface area contributed by atoms with Crippen LogP contribution in [0.3, 0.4) is 0 Å². The van der Waals surface area contributed by atoms with Crippen molar-refractivity contribution in [2.75, 3.05) is 11.5 Å². The minimum Gasteiger partial charge on any atom is -0.293 e. The maximum Gasteiger partial charge on any atom is 0.186 e. The molecule has 0 aliphatic heterocycles. The number of hydrogen-bond acceptors (Lipinski definition) is 4. The fourth-order valence-electron chi connectivity index (χ4n) is 2.06. The van der Waals surface area contributed by atoms with Crippen LogP contribution in [0, 0.1) is 0 Å². The Kier molecular flexibility index (Phi) is 7.43. The van der Waals surface area contributed by atoms with Crippen LogP contribution in [0.5, 0.6) is 0 Å². The quantitative estimate of drug-likeness (QED) is 0.517. The third kappa shape index (κ3) is 6.63. The number of benzene rings is 2. The van der Waals surface area contributed by atoms with Gasteiger partial charge in [-0.2, -0.15) is 11.8 Å². The van der Waals surface area contributed by atoms with E-state index < -0.39 is 0 Å². The van der Waals surface area contributed by atoms with Crippen molar-refractivity contribution in [3.63, 3.8) is 0 Å². The molecule has 0 saturated carbocycles. The molecule has 0 heterocycles. The van der Waals surface area contributed by atoms with Gasteiger partial charge in [0.05, 0.1) is 5.75 Å². The molecule has 0 aliphatic carbocycles. The molecule has 2 nitrogen and oxygen atoms in total. The molecular formula is C19H20O2S2. The topological polar surface area (TPSA) is 34.1 Å². The predicted octanol–water partition coefficient (Wildman–Crippen LogP) is 4.62. The number of aryl methyl sites for hydroxylation is 1. The fraction of sp³-hybridized carbons (Fsp3) is 0.263. The SMILES string of the molecule is CC(=O)SCC(=O)c1ccc(CSCCc2ccccc2)cc1. The first-order valence-electron chi connectivity index (χ1n) is 7.52. The molecular weight excluding hydrogens is 324 g/mol. The highest BCUT2D eigenvalue weighted by Crippen LogP contribution is 2.16. The minimum absolute atomic E-state index is 0.00785. The summed E-state index contributed by atoms with van der Waals surface area (Å²) in [6.07, 6.45) is 1.07. The number of hydrogen-bond donors (Lipinski definition) is 0. The molecule has 0 unspecified atom stereocenters. The molecule has 0 saturated heterocycles. The lowest BCUT2D eigenvalue weighted by Crippen LogP contribution is -2.04. The lowest BCUT2D eigenvalue weighted by atomic mass is 10.1. The van der Waals surface area contributed by atoms with E-state index >= 15 is 0 Å². The van der Waals surface area contributed by atoms with Gasteiger partial charge in [-0.25, -0.2) is 0 Å². The maximum absolute atomic E-state index is 11.9. The number of carbonyl (C=O) groups excluding carboxylic acids is 2. The molecule has 0 radical (unpaired) electrons. The van der Waals surface area contributed by atoms with Gasteiger partial charge in [-0.05, 0) is 23.3 Å².